The maximum absolute atomic E-state index is 11.3. The number of ether oxygens (including phenoxy) is 2. The van der Waals surface area contributed by atoms with Gasteiger partial charge >= 0.3 is 0 Å². The zero-order valence-electron chi connectivity index (χ0n) is 11.1. The molecule has 1 amide bonds. The van der Waals surface area contributed by atoms with Crippen LogP contribution in [0.15, 0.2) is 24.3 Å². The summed E-state index contributed by atoms with van der Waals surface area (Å²) < 4.78 is 10.8. The van der Waals surface area contributed by atoms with Gasteiger partial charge in [-0.05, 0) is 30.7 Å². The Bertz CT molecular complexity index is 357. The summed E-state index contributed by atoms with van der Waals surface area (Å²) in [6.07, 6.45) is 0.972. The highest BCUT2D eigenvalue weighted by molar-refractivity contribution is 5.85. The third kappa shape index (κ3) is 7.54. The Kier molecular flexibility index (Phi) is 9.66. The number of halogens is 1. The van der Waals surface area contributed by atoms with Crippen LogP contribution >= 0.6 is 12.4 Å². The summed E-state index contributed by atoms with van der Waals surface area (Å²) in [6.45, 7) is 3.63. The van der Waals surface area contributed by atoms with E-state index in [1.807, 2.05) is 12.1 Å². The molecule has 0 aliphatic rings. The Labute approximate surface area is 119 Å². The quantitative estimate of drug-likeness (QED) is 0.757. The van der Waals surface area contributed by atoms with Crippen LogP contribution in [0.5, 0.6) is 11.5 Å². The molecule has 5 nitrogen and oxygen atoms in total. The number of nitrogens with one attached hydrogen (secondary N) is 1. The molecular formula is C13H21ClN2O3. The van der Waals surface area contributed by atoms with Gasteiger partial charge < -0.3 is 20.5 Å². The maximum atomic E-state index is 11.3. The van der Waals surface area contributed by atoms with Crippen molar-refractivity contribution >= 4 is 18.3 Å². The van der Waals surface area contributed by atoms with Gasteiger partial charge in [-0.2, -0.15) is 0 Å². The fraction of sp³-hybridized carbons (Fsp3) is 0.462. The SMILES string of the molecule is CCCOc1ccc(OCC(=O)NCCN)cc1.Cl. The van der Waals surface area contributed by atoms with Crippen LogP contribution in [-0.2, 0) is 4.79 Å². The average Bonchev–Trinajstić information content (AvgIpc) is 2.41. The molecule has 0 saturated carbocycles. The van der Waals surface area contributed by atoms with E-state index < -0.39 is 0 Å². The van der Waals surface area contributed by atoms with E-state index in [4.69, 9.17) is 15.2 Å². The zero-order valence-corrected chi connectivity index (χ0v) is 11.9. The Balaban J connectivity index is 0.00000324. The minimum Gasteiger partial charge on any atom is -0.494 e. The third-order valence-electron chi connectivity index (χ3n) is 2.13. The molecule has 0 atom stereocenters. The molecule has 3 N–H and O–H groups in total. The van der Waals surface area contributed by atoms with E-state index in [1.165, 1.54) is 0 Å². The number of hydrogen-bond acceptors (Lipinski definition) is 4. The Morgan fingerprint density at radius 1 is 1.21 bits per heavy atom. The number of amides is 1. The molecule has 108 valence electrons. The molecule has 0 heterocycles. The van der Waals surface area contributed by atoms with E-state index in [2.05, 4.69) is 12.2 Å². The van der Waals surface area contributed by atoms with E-state index in [0.717, 1.165) is 12.2 Å². The number of carbonyl (C=O) groups excluding carboxylic acids is 1. The van der Waals surface area contributed by atoms with Crippen molar-refractivity contribution in [2.75, 3.05) is 26.3 Å². The van der Waals surface area contributed by atoms with Gasteiger partial charge in [0.25, 0.3) is 5.91 Å². The first-order valence-corrected chi connectivity index (χ1v) is 6.08. The minimum absolute atomic E-state index is 0. The first-order chi connectivity index (χ1) is 8.76. The van der Waals surface area contributed by atoms with E-state index in [1.54, 1.807) is 12.1 Å². The van der Waals surface area contributed by atoms with Crippen molar-refractivity contribution in [1.29, 1.82) is 0 Å². The Morgan fingerprint density at radius 2 is 1.79 bits per heavy atom. The number of benzene rings is 1. The lowest BCUT2D eigenvalue weighted by atomic mass is 10.3. The molecular weight excluding hydrogens is 268 g/mol. The molecule has 0 aliphatic heterocycles. The Morgan fingerprint density at radius 3 is 2.32 bits per heavy atom. The van der Waals surface area contributed by atoms with E-state index in [0.29, 0.717) is 25.4 Å². The van der Waals surface area contributed by atoms with Gasteiger partial charge in [-0.15, -0.1) is 12.4 Å². The van der Waals surface area contributed by atoms with Crippen molar-refractivity contribution in [3.63, 3.8) is 0 Å². The van der Waals surface area contributed by atoms with Crippen LogP contribution in [0.1, 0.15) is 13.3 Å². The van der Waals surface area contributed by atoms with Crippen molar-refractivity contribution in [2.24, 2.45) is 5.73 Å². The highest BCUT2D eigenvalue weighted by Gasteiger charge is 2.01. The molecule has 1 rings (SSSR count). The normalized spacial score (nSPS) is 9.37. The second-order valence-corrected chi connectivity index (χ2v) is 3.75. The standard InChI is InChI=1S/C13H20N2O3.ClH/c1-2-9-17-11-3-5-12(6-4-11)18-10-13(16)15-8-7-14;/h3-6H,2,7-10,14H2,1H3,(H,15,16);1H. The third-order valence-corrected chi connectivity index (χ3v) is 2.13. The fourth-order valence-corrected chi connectivity index (χ4v) is 1.26. The molecule has 1 aromatic carbocycles. The summed E-state index contributed by atoms with van der Waals surface area (Å²) in [6, 6.07) is 7.20. The van der Waals surface area contributed by atoms with Gasteiger partial charge in [0.2, 0.25) is 0 Å². The molecule has 1 aromatic rings. The maximum Gasteiger partial charge on any atom is 0.257 e. The smallest absolute Gasteiger partial charge is 0.257 e. The molecule has 19 heavy (non-hydrogen) atoms. The second kappa shape index (κ2) is 10.5. The summed E-state index contributed by atoms with van der Waals surface area (Å²) >= 11 is 0. The van der Waals surface area contributed by atoms with E-state index in [-0.39, 0.29) is 24.9 Å². The molecule has 6 heteroatoms. The van der Waals surface area contributed by atoms with Crippen LogP contribution < -0.4 is 20.5 Å². The van der Waals surface area contributed by atoms with Gasteiger partial charge in [-0.3, -0.25) is 4.79 Å². The van der Waals surface area contributed by atoms with Gasteiger partial charge in [0, 0.05) is 13.1 Å². The predicted molar refractivity (Wildman–Crippen MR) is 77.0 cm³/mol. The first kappa shape index (κ1) is 17.5. The van der Waals surface area contributed by atoms with Gasteiger partial charge in [0.1, 0.15) is 11.5 Å². The largest absolute Gasteiger partial charge is 0.494 e. The molecule has 0 fully saturated rings. The van der Waals surface area contributed by atoms with Crippen LogP contribution in [0.4, 0.5) is 0 Å². The van der Waals surface area contributed by atoms with Gasteiger partial charge in [0.05, 0.1) is 6.61 Å². The van der Waals surface area contributed by atoms with Crippen LogP contribution in [0, 0.1) is 0 Å². The summed E-state index contributed by atoms with van der Waals surface area (Å²) in [5.74, 6) is 1.27. The number of nitrogens with two attached hydrogens (primary N) is 1. The zero-order chi connectivity index (χ0) is 13.2. The van der Waals surface area contributed by atoms with Gasteiger partial charge in [-0.1, -0.05) is 6.92 Å². The highest BCUT2D eigenvalue weighted by atomic mass is 35.5. The van der Waals surface area contributed by atoms with E-state index >= 15 is 0 Å². The summed E-state index contributed by atoms with van der Waals surface area (Å²) in [5, 5.41) is 2.63. The molecule has 0 saturated heterocycles. The summed E-state index contributed by atoms with van der Waals surface area (Å²) in [4.78, 5) is 11.3. The number of hydrogen-bond donors (Lipinski definition) is 2. The fourth-order valence-electron chi connectivity index (χ4n) is 1.26. The Hall–Kier alpha value is -1.46. The monoisotopic (exact) mass is 288 g/mol. The minimum atomic E-state index is -0.174. The van der Waals surface area contributed by atoms with Crippen LogP contribution in [0.25, 0.3) is 0 Å². The second-order valence-electron chi connectivity index (χ2n) is 3.75. The molecule has 0 unspecified atom stereocenters. The number of rotatable bonds is 8. The van der Waals surface area contributed by atoms with Crippen LogP contribution in [0.3, 0.4) is 0 Å². The van der Waals surface area contributed by atoms with Crippen molar-refractivity contribution in [3.8, 4) is 11.5 Å². The average molecular weight is 289 g/mol. The summed E-state index contributed by atoms with van der Waals surface area (Å²) in [5.41, 5.74) is 5.27. The van der Waals surface area contributed by atoms with Gasteiger partial charge in [-0.25, -0.2) is 0 Å². The van der Waals surface area contributed by atoms with Crippen molar-refractivity contribution in [1.82, 2.24) is 5.32 Å². The number of carbonyl (C=O) groups is 1. The van der Waals surface area contributed by atoms with Gasteiger partial charge in [0.15, 0.2) is 6.61 Å². The van der Waals surface area contributed by atoms with Crippen molar-refractivity contribution in [2.45, 2.75) is 13.3 Å². The molecule has 0 bridgehead atoms. The van der Waals surface area contributed by atoms with Crippen molar-refractivity contribution in [3.05, 3.63) is 24.3 Å². The lowest BCUT2D eigenvalue weighted by Crippen LogP contribution is -2.32. The lowest BCUT2D eigenvalue weighted by Gasteiger charge is -2.08. The highest BCUT2D eigenvalue weighted by Crippen LogP contribution is 2.17. The summed E-state index contributed by atoms with van der Waals surface area (Å²) in [7, 11) is 0. The molecule has 0 aromatic heterocycles. The van der Waals surface area contributed by atoms with E-state index in [9.17, 15) is 4.79 Å². The molecule has 0 radical (unpaired) electrons. The molecule has 0 spiro atoms. The predicted octanol–water partition coefficient (Wildman–Crippen LogP) is 1.35. The first-order valence-electron chi connectivity index (χ1n) is 6.08. The van der Waals surface area contributed by atoms with Crippen LogP contribution in [-0.4, -0.2) is 32.2 Å². The van der Waals surface area contributed by atoms with Crippen LogP contribution in [0.2, 0.25) is 0 Å². The topological polar surface area (TPSA) is 73.6 Å². The molecule has 0 aliphatic carbocycles. The lowest BCUT2D eigenvalue weighted by molar-refractivity contribution is -0.123. The van der Waals surface area contributed by atoms with Crippen molar-refractivity contribution < 1.29 is 14.3 Å².